The Morgan fingerprint density at radius 1 is 1.00 bits per heavy atom. The Kier molecular flexibility index (Phi) is 3.15. The van der Waals surface area contributed by atoms with Crippen LogP contribution in [0, 0.1) is 11.6 Å². The maximum atomic E-state index is 13.4. The Morgan fingerprint density at radius 2 is 1.76 bits per heavy atom. The lowest BCUT2D eigenvalue weighted by Gasteiger charge is -2.07. The molecular weight excluding hydrogens is 248 g/mol. The highest BCUT2D eigenvalue weighted by Crippen LogP contribution is 2.28. The van der Waals surface area contributed by atoms with Crippen LogP contribution < -0.4 is 10.5 Å². The maximum Gasteiger partial charge on any atom is 0.167 e. The van der Waals surface area contributed by atoms with Crippen LogP contribution >= 0.6 is 11.6 Å². The van der Waals surface area contributed by atoms with Crippen molar-refractivity contribution >= 4 is 17.3 Å². The van der Waals surface area contributed by atoms with Crippen molar-refractivity contribution in [3.8, 4) is 11.5 Å². The smallest absolute Gasteiger partial charge is 0.167 e. The summed E-state index contributed by atoms with van der Waals surface area (Å²) in [7, 11) is 0. The van der Waals surface area contributed by atoms with E-state index in [0.717, 1.165) is 12.1 Å². The Labute approximate surface area is 102 Å². The molecule has 0 aromatic heterocycles. The second-order valence-electron chi connectivity index (χ2n) is 3.37. The summed E-state index contributed by atoms with van der Waals surface area (Å²) in [5.41, 5.74) is 5.70. The molecule has 5 heteroatoms. The van der Waals surface area contributed by atoms with E-state index in [1.807, 2.05) is 0 Å². The molecule has 0 saturated carbocycles. The average Bonchev–Trinajstić information content (AvgIpc) is 2.27. The third-order valence-electron chi connectivity index (χ3n) is 2.07. The monoisotopic (exact) mass is 255 g/mol. The van der Waals surface area contributed by atoms with Gasteiger partial charge in [-0.05, 0) is 24.3 Å². The molecule has 17 heavy (non-hydrogen) atoms. The summed E-state index contributed by atoms with van der Waals surface area (Å²) in [5.74, 6) is -0.899. The Hall–Kier alpha value is -1.81. The zero-order valence-electron chi connectivity index (χ0n) is 8.58. The van der Waals surface area contributed by atoms with Crippen molar-refractivity contribution in [2.45, 2.75) is 0 Å². The highest BCUT2D eigenvalue weighted by molar-refractivity contribution is 6.30. The fourth-order valence-electron chi connectivity index (χ4n) is 1.27. The van der Waals surface area contributed by atoms with Gasteiger partial charge in [0.1, 0.15) is 11.6 Å². The third-order valence-corrected chi connectivity index (χ3v) is 2.36. The third kappa shape index (κ3) is 2.65. The van der Waals surface area contributed by atoms with Gasteiger partial charge in [-0.3, -0.25) is 0 Å². The predicted molar refractivity (Wildman–Crippen MR) is 62.3 cm³/mol. The Morgan fingerprint density at radius 3 is 2.41 bits per heavy atom. The molecule has 0 radical (unpaired) electrons. The van der Waals surface area contributed by atoms with E-state index >= 15 is 0 Å². The van der Waals surface area contributed by atoms with E-state index in [1.54, 1.807) is 0 Å². The van der Waals surface area contributed by atoms with E-state index in [-0.39, 0.29) is 16.5 Å². The summed E-state index contributed by atoms with van der Waals surface area (Å²) in [5, 5.41) is -0.0849. The summed E-state index contributed by atoms with van der Waals surface area (Å²) in [6, 6.07) is 7.81. The summed E-state index contributed by atoms with van der Waals surface area (Å²) in [6.45, 7) is 0. The van der Waals surface area contributed by atoms with E-state index in [1.165, 1.54) is 24.3 Å². The lowest BCUT2D eigenvalue weighted by atomic mass is 10.3. The van der Waals surface area contributed by atoms with Gasteiger partial charge in [-0.1, -0.05) is 11.6 Å². The first-order chi connectivity index (χ1) is 8.06. The molecule has 0 aliphatic carbocycles. The number of ether oxygens (including phenoxy) is 1. The number of hydrogen-bond donors (Lipinski definition) is 1. The first kappa shape index (κ1) is 11.7. The first-order valence-corrected chi connectivity index (χ1v) is 5.12. The summed E-state index contributed by atoms with van der Waals surface area (Å²) in [6.07, 6.45) is 0. The van der Waals surface area contributed by atoms with Gasteiger partial charge in [-0.25, -0.2) is 8.78 Å². The van der Waals surface area contributed by atoms with E-state index in [2.05, 4.69) is 0 Å². The molecule has 0 amide bonds. The van der Waals surface area contributed by atoms with Crippen molar-refractivity contribution in [2.24, 2.45) is 0 Å². The summed E-state index contributed by atoms with van der Waals surface area (Å²) < 4.78 is 31.5. The molecule has 0 fully saturated rings. The van der Waals surface area contributed by atoms with E-state index in [4.69, 9.17) is 22.1 Å². The highest BCUT2D eigenvalue weighted by Gasteiger charge is 2.07. The fraction of sp³-hybridized carbons (Fsp3) is 0. The van der Waals surface area contributed by atoms with Gasteiger partial charge in [-0.2, -0.15) is 0 Å². The van der Waals surface area contributed by atoms with Crippen molar-refractivity contribution in [3.63, 3.8) is 0 Å². The van der Waals surface area contributed by atoms with Crippen LogP contribution in [0.5, 0.6) is 11.5 Å². The zero-order valence-corrected chi connectivity index (χ0v) is 9.34. The van der Waals surface area contributed by atoms with Crippen LogP contribution in [0.1, 0.15) is 0 Å². The van der Waals surface area contributed by atoms with Gasteiger partial charge in [0.25, 0.3) is 0 Å². The quantitative estimate of drug-likeness (QED) is 0.824. The molecule has 0 aliphatic heterocycles. The number of anilines is 1. The van der Waals surface area contributed by atoms with Gasteiger partial charge in [-0.15, -0.1) is 0 Å². The Balaban J connectivity index is 2.28. The predicted octanol–water partition coefficient (Wildman–Crippen LogP) is 3.99. The van der Waals surface area contributed by atoms with Crippen LogP contribution in [0.15, 0.2) is 36.4 Å². The SMILES string of the molecule is Nc1ccc(Oc2ccc(F)c(Cl)c2)c(F)c1. The van der Waals surface area contributed by atoms with E-state index < -0.39 is 11.6 Å². The second-order valence-corrected chi connectivity index (χ2v) is 3.78. The lowest BCUT2D eigenvalue weighted by Crippen LogP contribution is -1.91. The van der Waals surface area contributed by atoms with Gasteiger partial charge in [0.05, 0.1) is 5.02 Å². The topological polar surface area (TPSA) is 35.2 Å². The van der Waals surface area contributed by atoms with Crippen LogP contribution in [-0.2, 0) is 0 Å². The maximum absolute atomic E-state index is 13.4. The molecule has 88 valence electrons. The second kappa shape index (κ2) is 4.59. The molecule has 0 bridgehead atoms. The summed E-state index contributed by atoms with van der Waals surface area (Å²) >= 11 is 5.58. The molecule has 0 atom stereocenters. The van der Waals surface area contributed by atoms with Crippen molar-refractivity contribution in [1.29, 1.82) is 0 Å². The molecule has 0 spiro atoms. The van der Waals surface area contributed by atoms with Gasteiger partial charge in [0.15, 0.2) is 11.6 Å². The van der Waals surface area contributed by atoms with E-state index in [9.17, 15) is 8.78 Å². The molecule has 0 unspecified atom stereocenters. The number of halogens is 3. The van der Waals surface area contributed by atoms with Gasteiger partial charge < -0.3 is 10.5 Å². The van der Waals surface area contributed by atoms with Crippen LogP contribution in [0.25, 0.3) is 0 Å². The standard InChI is InChI=1S/C12H8ClF2NO/c13-9-6-8(2-3-10(9)14)17-12-4-1-7(16)5-11(12)15/h1-6H,16H2. The van der Waals surface area contributed by atoms with Crippen LogP contribution in [0.2, 0.25) is 5.02 Å². The van der Waals surface area contributed by atoms with E-state index in [0.29, 0.717) is 5.69 Å². The fourth-order valence-corrected chi connectivity index (χ4v) is 1.44. The number of nitrogen functional groups attached to an aromatic ring is 1. The molecule has 0 aliphatic rings. The number of benzene rings is 2. The minimum absolute atomic E-state index is 0.00174. The molecule has 2 N–H and O–H groups in total. The van der Waals surface area contributed by atoms with Crippen LogP contribution in [0.3, 0.4) is 0 Å². The zero-order chi connectivity index (χ0) is 12.4. The van der Waals surface area contributed by atoms with Gasteiger partial charge in [0.2, 0.25) is 0 Å². The molecule has 2 nitrogen and oxygen atoms in total. The molecular formula is C12H8ClF2NO. The lowest BCUT2D eigenvalue weighted by molar-refractivity contribution is 0.441. The van der Waals surface area contributed by atoms with Crippen LogP contribution in [-0.4, -0.2) is 0 Å². The van der Waals surface area contributed by atoms with Crippen molar-refractivity contribution in [2.75, 3.05) is 5.73 Å². The minimum Gasteiger partial charge on any atom is -0.454 e. The van der Waals surface area contributed by atoms with Gasteiger partial charge in [0, 0.05) is 17.8 Å². The summed E-state index contributed by atoms with van der Waals surface area (Å²) in [4.78, 5) is 0. The molecule has 0 saturated heterocycles. The number of hydrogen-bond acceptors (Lipinski definition) is 2. The highest BCUT2D eigenvalue weighted by atomic mass is 35.5. The molecule has 2 aromatic carbocycles. The Bertz CT molecular complexity index is 560. The average molecular weight is 256 g/mol. The van der Waals surface area contributed by atoms with Crippen molar-refractivity contribution < 1.29 is 13.5 Å². The van der Waals surface area contributed by atoms with Crippen LogP contribution in [0.4, 0.5) is 14.5 Å². The van der Waals surface area contributed by atoms with Gasteiger partial charge >= 0.3 is 0 Å². The normalized spacial score (nSPS) is 10.3. The number of rotatable bonds is 2. The minimum atomic E-state index is -0.592. The molecule has 0 heterocycles. The molecule has 2 aromatic rings. The molecule has 2 rings (SSSR count). The number of nitrogens with two attached hydrogens (primary N) is 1. The van der Waals surface area contributed by atoms with Crippen molar-refractivity contribution in [3.05, 3.63) is 53.1 Å². The first-order valence-electron chi connectivity index (χ1n) is 4.74. The largest absolute Gasteiger partial charge is 0.454 e. The van der Waals surface area contributed by atoms with Crippen molar-refractivity contribution in [1.82, 2.24) is 0 Å².